The Hall–Kier alpha value is -1.55. The van der Waals surface area contributed by atoms with Crippen LogP contribution in [0.4, 0.5) is 10.5 Å². The summed E-state index contributed by atoms with van der Waals surface area (Å²) in [6, 6.07) is 7.99. The molecular weight excluding hydrogens is 238 g/mol. The van der Waals surface area contributed by atoms with Gasteiger partial charge in [-0.25, -0.2) is 4.79 Å². The molecule has 0 spiro atoms. The smallest absolute Gasteiger partial charge is 0.321 e. The summed E-state index contributed by atoms with van der Waals surface area (Å²) in [4.78, 5) is 14.0. The Balaban J connectivity index is 1.96. The van der Waals surface area contributed by atoms with Crippen LogP contribution in [-0.4, -0.2) is 30.1 Å². The normalized spacial score (nSPS) is 22.9. The average Bonchev–Trinajstić information content (AvgIpc) is 2.41. The number of hydrogen-bond acceptors (Lipinski definition) is 2. The van der Waals surface area contributed by atoms with E-state index in [1.165, 1.54) is 12.0 Å². The van der Waals surface area contributed by atoms with Crippen molar-refractivity contribution in [1.82, 2.24) is 4.90 Å². The fourth-order valence-electron chi connectivity index (χ4n) is 2.62. The molecule has 3 N–H and O–H groups in total. The second-order valence-electron chi connectivity index (χ2n) is 5.42. The van der Waals surface area contributed by atoms with Crippen molar-refractivity contribution >= 4 is 11.7 Å². The molecule has 2 rings (SSSR count). The topological polar surface area (TPSA) is 58.4 Å². The highest BCUT2D eigenvalue weighted by Gasteiger charge is 2.28. The third kappa shape index (κ3) is 3.47. The number of carbonyl (C=O) groups is 1. The molecule has 0 bridgehead atoms. The quantitative estimate of drug-likeness (QED) is 0.860. The summed E-state index contributed by atoms with van der Waals surface area (Å²) in [6.07, 6.45) is 4.33. The van der Waals surface area contributed by atoms with E-state index in [4.69, 9.17) is 5.73 Å². The number of aryl methyl sites for hydroxylation is 1. The van der Waals surface area contributed by atoms with Gasteiger partial charge in [0, 0.05) is 24.8 Å². The van der Waals surface area contributed by atoms with Crippen molar-refractivity contribution in [3.8, 4) is 0 Å². The monoisotopic (exact) mass is 261 g/mol. The maximum Gasteiger partial charge on any atom is 0.321 e. The van der Waals surface area contributed by atoms with Gasteiger partial charge in [0.05, 0.1) is 0 Å². The predicted molar refractivity (Wildman–Crippen MR) is 78.2 cm³/mol. The number of likely N-dealkylation sites (N-methyl/N-ethyl adjacent to an activating group) is 1. The SMILES string of the molecule is Cc1ccc(NC(=O)N(C)C2CCCCC2N)cc1. The van der Waals surface area contributed by atoms with Crippen LogP contribution < -0.4 is 11.1 Å². The minimum Gasteiger partial charge on any atom is -0.326 e. The van der Waals surface area contributed by atoms with Gasteiger partial charge in [-0.05, 0) is 31.9 Å². The van der Waals surface area contributed by atoms with Crippen molar-refractivity contribution in [2.24, 2.45) is 5.73 Å². The molecule has 1 saturated carbocycles. The lowest BCUT2D eigenvalue weighted by atomic mass is 9.90. The maximum atomic E-state index is 12.2. The highest BCUT2D eigenvalue weighted by atomic mass is 16.2. The van der Waals surface area contributed by atoms with E-state index in [1.807, 2.05) is 38.2 Å². The third-order valence-electron chi connectivity index (χ3n) is 3.90. The largest absolute Gasteiger partial charge is 0.326 e. The summed E-state index contributed by atoms with van der Waals surface area (Å²) in [6.45, 7) is 2.03. The molecule has 104 valence electrons. The lowest BCUT2D eigenvalue weighted by molar-refractivity contribution is 0.174. The Morgan fingerprint density at radius 1 is 1.26 bits per heavy atom. The minimum atomic E-state index is -0.0776. The molecule has 4 heteroatoms. The van der Waals surface area contributed by atoms with Gasteiger partial charge >= 0.3 is 6.03 Å². The lowest BCUT2D eigenvalue weighted by Crippen LogP contribution is -2.51. The number of anilines is 1. The summed E-state index contributed by atoms with van der Waals surface area (Å²) >= 11 is 0. The fraction of sp³-hybridized carbons (Fsp3) is 0.533. The molecule has 2 amide bonds. The summed E-state index contributed by atoms with van der Waals surface area (Å²) in [7, 11) is 1.83. The summed E-state index contributed by atoms with van der Waals surface area (Å²) in [5, 5.41) is 2.92. The first kappa shape index (κ1) is 13.9. The molecule has 4 nitrogen and oxygen atoms in total. The van der Waals surface area contributed by atoms with Crippen molar-refractivity contribution in [1.29, 1.82) is 0 Å². The van der Waals surface area contributed by atoms with E-state index < -0.39 is 0 Å². The van der Waals surface area contributed by atoms with E-state index in [1.54, 1.807) is 4.90 Å². The molecule has 1 aromatic carbocycles. The van der Waals surface area contributed by atoms with Gasteiger partial charge < -0.3 is 16.0 Å². The van der Waals surface area contributed by atoms with E-state index in [-0.39, 0.29) is 18.1 Å². The van der Waals surface area contributed by atoms with E-state index in [0.29, 0.717) is 0 Å². The number of hydrogen-bond donors (Lipinski definition) is 2. The maximum absolute atomic E-state index is 12.2. The van der Waals surface area contributed by atoms with E-state index in [9.17, 15) is 4.79 Å². The first-order valence-electron chi connectivity index (χ1n) is 6.94. The van der Waals surface area contributed by atoms with Crippen LogP contribution in [0.25, 0.3) is 0 Å². The minimum absolute atomic E-state index is 0.0776. The fourth-order valence-corrected chi connectivity index (χ4v) is 2.62. The van der Waals surface area contributed by atoms with Crippen LogP contribution in [0.2, 0.25) is 0 Å². The van der Waals surface area contributed by atoms with Crippen molar-refractivity contribution in [2.75, 3.05) is 12.4 Å². The first-order valence-corrected chi connectivity index (χ1v) is 6.94. The molecule has 0 aliphatic heterocycles. The van der Waals surface area contributed by atoms with Crippen LogP contribution in [0.15, 0.2) is 24.3 Å². The molecule has 0 aromatic heterocycles. The highest BCUT2D eigenvalue weighted by molar-refractivity contribution is 5.89. The Morgan fingerprint density at radius 2 is 1.89 bits per heavy atom. The summed E-state index contributed by atoms with van der Waals surface area (Å²) in [5.41, 5.74) is 8.12. The van der Waals surface area contributed by atoms with Crippen LogP contribution in [0.5, 0.6) is 0 Å². The van der Waals surface area contributed by atoms with Crippen LogP contribution in [-0.2, 0) is 0 Å². The number of nitrogens with two attached hydrogens (primary N) is 1. The molecular formula is C15H23N3O. The molecule has 0 heterocycles. The lowest BCUT2D eigenvalue weighted by Gasteiger charge is -2.35. The van der Waals surface area contributed by atoms with E-state index in [0.717, 1.165) is 24.9 Å². The molecule has 1 aromatic rings. The Morgan fingerprint density at radius 3 is 2.53 bits per heavy atom. The van der Waals surface area contributed by atoms with Gasteiger partial charge in [0.25, 0.3) is 0 Å². The zero-order valence-electron chi connectivity index (χ0n) is 11.7. The molecule has 1 aliphatic rings. The van der Waals surface area contributed by atoms with Crippen molar-refractivity contribution < 1.29 is 4.79 Å². The highest BCUT2D eigenvalue weighted by Crippen LogP contribution is 2.21. The average molecular weight is 261 g/mol. The zero-order chi connectivity index (χ0) is 13.8. The molecule has 0 radical (unpaired) electrons. The number of rotatable bonds is 2. The van der Waals surface area contributed by atoms with E-state index >= 15 is 0 Å². The summed E-state index contributed by atoms with van der Waals surface area (Å²) in [5.74, 6) is 0. The standard InChI is InChI=1S/C15H23N3O/c1-11-7-9-12(10-8-11)17-15(19)18(2)14-6-4-3-5-13(14)16/h7-10,13-14H,3-6,16H2,1-2H3,(H,17,19). The van der Waals surface area contributed by atoms with Gasteiger partial charge in [0.2, 0.25) is 0 Å². The van der Waals surface area contributed by atoms with Gasteiger partial charge in [0.1, 0.15) is 0 Å². The van der Waals surface area contributed by atoms with Gasteiger partial charge in [0.15, 0.2) is 0 Å². The Kier molecular flexibility index (Phi) is 4.43. The number of nitrogens with zero attached hydrogens (tertiary/aromatic N) is 1. The molecule has 19 heavy (non-hydrogen) atoms. The Labute approximate surface area is 115 Å². The van der Waals surface area contributed by atoms with Crippen LogP contribution in [0.1, 0.15) is 31.2 Å². The van der Waals surface area contributed by atoms with E-state index in [2.05, 4.69) is 5.32 Å². The molecule has 1 aliphatic carbocycles. The first-order chi connectivity index (χ1) is 9.08. The second-order valence-corrected chi connectivity index (χ2v) is 5.42. The van der Waals surface area contributed by atoms with Gasteiger partial charge in [-0.2, -0.15) is 0 Å². The number of carbonyl (C=O) groups excluding carboxylic acids is 1. The number of urea groups is 1. The number of benzene rings is 1. The summed E-state index contributed by atoms with van der Waals surface area (Å²) < 4.78 is 0. The number of amides is 2. The zero-order valence-corrected chi connectivity index (χ0v) is 11.7. The van der Waals surface area contributed by atoms with Gasteiger partial charge in [-0.1, -0.05) is 30.5 Å². The molecule has 2 atom stereocenters. The van der Waals surface area contributed by atoms with Crippen LogP contribution in [0.3, 0.4) is 0 Å². The second kappa shape index (κ2) is 6.06. The van der Waals surface area contributed by atoms with Crippen LogP contribution in [0, 0.1) is 6.92 Å². The van der Waals surface area contributed by atoms with Crippen molar-refractivity contribution in [2.45, 2.75) is 44.7 Å². The van der Waals surface area contributed by atoms with Gasteiger partial charge in [-0.3, -0.25) is 0 Å². The number of nitrogens with one attached hydrogen (secondary N) is 1. The van der Waals surface area contributed by atoms with Gasteiger partial charge in [-0.15, -0.1) is 0 Å². The molecule has 1 fully saturated rings. The Bertz CT molecular complexity index is 430. The van der Waals surface area contributed by atoms with Crippen molar-refractivity contribution in [3.05, 3.63) is 29.8 Å². The third-order valence-corrected chi connectivity index (χ3v) is 3.90. The molecule has 2 unspecified atom stereocenters. The predicted octanol–water partition coefficient (Wildman–Crippen LogP) is 2.73. The van der Waals surface area contributed by atoms with Crippen LogP contribution >= 0.6 is 0 Å². The molecule has 0 saturated heterocycles. The van der Waals surface area contributed by atoms with Crippen molar-refractivity contribution in [3.63, 3.8) is 0 Å².